The Bertz CT molecular complexity index is 7800. The van der Waals surface area contributed by atoms with Crippen LogP contribution in [0, 0.1) is 0 Å². The molecule has 6 heteroatoms. The van der Waals surface area contributed by atoms with Crippen LogP contribution in [0.25, 0.3) is 153 Å². The largest absolute Gasteiger partial charge is 0.310 e. The molecule has 0 aliphatic rings. The minimum Gasteiger partial charge on any atom is -0.310 e. The summed E-state index contributed by atoms with van der Waals surface area (Å²) in [6, 6.07) is 66.9. The average Bonchev–Trinajstić information content (AvgIpc) is 1.52. The van der Waals surface area contributed by atoms with Gasteiger partial charge in [-0.3, -0.25) is 0 Å². The lowest BCUT2D eigenvalue weighted by Crippen LogP contribution is -2.18. The highest BCUT2D eigenvalue weighted by molar-refractivity contribution is 6.27. The summed E-state index contributed by atoms with van der Waals surface area (Å²) >= 11 is 0. The molecule has 0 unspecified atom stereocenters. The zero-order chi connectivity index (χ0) is 93.5. The molecule has 0 spiro atoms. The number of fused-ring (bicyclic) bond motifs is 18. The van der Waals surface area contributed by atoms with Gasteiger partial charge < -0.3 is 27.7 Å². The molecule has 0 saturated carbocycles. The Kier molecular flexibility index (Phi) is 12.1. The van der Waals surface area contributed by atoms with Crippen LogP contribution in [0.1, 0.15) is 154 Å². The number of hydrogen-bond acceptors (Lipinski definition) is 2. The lowest BCUT2D eigenvalue weighted by Gasteiger charge is -2.34. The zero-order valence-electron chi connectivity index (χ0n) is 83.9. The lowest BCUT2D eigenvalue weighted by atomic mass is 9.85. The van der Waals surface area contributed by atoms with Gasteiger partial charge in [-0.15, -0.1) is 0 Å². The molecule has 21 aromatic rings. The van der Waals surface area contributed by atoms with Gasteiger partial charge >= 0.3 is 0 Å². The van der Waals surface area contributed by atoms with Crippen molar-refractivity contribution in [3.05, 3.63) is 337 Å². The van der Waals surface area contributed by atoms with Gasteiger partial charge in [0.25, 0.3) is 0 Å². The molecule has 0 amide bonds. The van der Waals surface area contributed by atoms with E-state index in [2.05, 4.69) is 262 Å². The Hall–Kier alpha value is -12.9. The fraction of sp³-hybridized carbons (Fsp3) is 0.182. The van der Waals surface area contributed by atoms with Crippen molar-refractivity contribution in [2.45, 2.75) is 131 Å². The molecule has 21 rings (SSSR count). The molecule has 0 fully saturated rings. The summed E-state index contributed by atoms with van der Waals surface area (Å²) in [5.74, 6) is 0. The van der Waals surface area contributed by atoms with E-state index in [-0.39, 0.29) is 65.3 Å². The summed E-state index contributed by atoms with van der Waals surface area (Å²) in [5.41, 5.74) is 18.3. The first-order valence-corrected chi connectivity index (χ1v) is 40.1. The number of para-hydroxylation sites is 6. The Morgan fingerprint density at radius 3 is 0.828 bits per heavy atom. The van der Waals surface area contributed by atoms with Crippen LogP contribution in [0.15, 0.2) is 309 Å². The van der Waals surface area contributed by atoms with Gasteiger partial charge in [0, 0.05) is 110 Å². The predicted molar refractivity (Wildman–Crippen MR) is 498 cm³/mol. The van der Waals surface area contributed by atoms with Crippen molar-refractivity contribution >= 4 is 154 Å². The second-order valence-corrected chi connectivity index (χ2v) is 36.7. The van der Waals surface area contributed by atoms with Crippen molar-refractivity contribution in [2.24, 2.45) is 0 Å². The maximum Gasteiger partial charge on any atom is 0.0645 e. The van der Waals surface area contributed by atoms with Crippen molar-refractivity contribution in [3.8, 4) is 33.6 Å². The van der Waals surface area contributed by atoms with Crippen LogP contribution >= 0.6 is 0 Å². The fourth-order valence-corrected chi connectivity index (χ4v) is 18.1. The number of hydrogen-bond donors (Lipinski definition) is 0. The van der Waals surface area contributed by atoms with E-state index >= 15 is 0 Å². The molecule has 116 heavy (non-hydrogen) atoms. The minimum atomic E-state index is -0.668. The topological polar surface area (TPSA) is 25.2 Å². The van der Waals surface area contributed by atoms with E-state index in [0.29, 0.717) is 45.5 Å². The number of anilines is 6. The van der Waals surface area contributed by atoms with Gasteiger partial charge in [0.1, 0.15) is 0 Å². The summed E-state index contributed by atoms with van der Waals surface area (Å²) in [7, 11) is 0. The van der Waals surface area contributed by atoms with E-state index in [1.165, 1.54) is 22.3 Å². The highest BCUT2D eigenvalue weighted by Crippen LogP contribution is 2.53. The molecule has 0 saturated heterocycles. The van der Waals surface area contributed by atoms with Crippen LogP contribution in [-0.2, 0) is 27.1 Å². The van der Waals surface area contributed by atoms with Crippen LogP contribution in [0.5, 0.6) is 0 Å². The molecule has 15 aromatic carbocycles. The number of rotatable bonds is 10. The smallest absolute Gasteiger partial charge is 0.0645 e. The van der Waals surface area contributed by atoms with E-state index in [9.17, 15) is 16.4 Å². The molecular formula is C110H96N6. The van der Waals surface area contributed by atoms with E-state index in [4.69, 9.17) is 5.48 Å². The molecule has 6 aromatic heterocycles. The van der Waals surface area contributed by atoms with Crippen LogP contribution in [0.2, 0.25) is 0 Å². The van der Waals surface area contributed by atoms with Gasteiger partial charge in [0.2, 0.25) is 0 Å². The molecule has 0 atom stereocenters. The second kappa shape index (κ2) is 25.3. The molecule has 0 bridgehead atoms. The number of nitrogens with zero attached hydrogens (tertiary/aromatic N) is 6. The molecule has 6 heterocycles. The molecule has 6 nitrogen and oxygen atoms in total. The molecule has 0 radical (unpaired) electrons. The van der Waals surface area contributed by atoms with Gasteiger partial charge in [-0.25, -0.2) is 0 Å². The van der Waals surface area contributed by atoms with Gasteiger partial charge in [0.05, 0.1) is 88.5 Å². The summed E-state index contributed by atoms with van der Waals surface area (Å²) in [4.78, 5) is 4.40. The average molecular weight is 1520 g/mol. The first kappa shape index (κ1) is 55.5. The van der Waals surface area contributed by atoms with E-state index < -0.39 is 102 Å². The van der Waals surface area contributed by atoms with Crippen molar-refractivity contribution in [1.82, 2.24) is 17.9 Å². The summed E-state index contributed by atoms with van der Waals surface area (Å²) in [6.45, 7) is 33.3. The molecule has 0 aliphatic carbocycles. The van der Waals surface area contributed by atoms with Crippen molar-refractivity contribution in [2.75, 3.05) is 9.80 Å². The van der Waals surface area contributed by atoms with Crippen LogP contribution in [0.3, 0.4) is 0 Å². The van der Waals surface area contributed by atoms with Crippen LogP contribution < -0.4 is 9.80 Å². The van der Waals surface area contributed by atoms with E-state index in [1.807, 2.05) is 60.7 Å². The van der Waals surface area contributed by atoms with Gasteiger partial charge in [0.15, 0.2) is 0 Å². The van der Waals surface area contributed by atoms with Crippen LogP contribution in [0.4, 0.5) is 34.1 Å². The normalized spacial score (nSPS) is 14.9. The first-order valence-electron chi connectivity index (χ1n) is 48.1. The van der Waals surface area contributed by atoms with E-state index in [1.54, 1.807) is 21.3 Å². The molecule has 0 N–H and O–H groups in total. The molecular weight excluding hydrogens is 1410 g/mol. The predicted octanol–water partition coefficient (Wildman–Crippen LogP) is 30.9. The fourth-order valence-electron chi connectivity index (χ4n) is 18.1. The summed E-state index contributed by atoms with van der Waals surface area (Å²) in [6.07, 6.45) is 0. The third-order valence-electron chi connectivity index (χ3n) is 24.2. The van der Waals surface area contributed by atoms with Crippen LogP contribution in [-0.4, -0.2) is 17.9 Å². The van der Waals surface area contributed by atoms with Crippen molar-refractivity contribution in [3.63, 3.8) is 0 Å². The highest BCUT2D eigenvalue weighted by Gasteiger charge is 2.32. The van der Waals surface area contributed by atoms with E-state index in [0.717, 1.165) is 104 Å². The monoisotopic (exact) mass is 1520 g/mol. The van der Waals surface area contributed by atoms with Gasteiger partial charge in [-0.1, -0.05) is 249 Å². The lowest BCUT2D eigenvalue weighted by molar-refractivity contribution is 0.590. The standard InChI is InChI=1S/C110H96N6/c1-106(2,3)69-46-50-100-86(60-69)90-54-67(55-91-87-61-70(107(4,5)6)47-51-101(87)115(100)104(90)91)80-34-16-22-40-94(80)111(74-30-28-32-76(64-74)113-96-42-24-18-36-82(96)83-37-19-25-43-97(83)113)78-58-73(110(13,14)15)59-79(66-78)112(75-31-29-33-77(65-75)114-98-44-26-20-38-84(98)85-39-21-27-45-99(85)114)95-41-23-17-35-81(95)68-56-92-88-62-71(108(7,8)9)48-52-102(88)116-103-53-49-72(109(10,11)12)63-89(103)93(57-68)105(92)116/h16-66H,1-15H3/i18D,19D,20D,21D,24D,25D,26D,27D,36D,37D,38D,39D,42D,43D,44D,45D. The summed E-state index contributed by atoms with van der Waals surface area (Å²) < 4.78 is 159. The van der Waals surface area contributed by atoms with Gasteiger partial charge in [-0.05, 0) is 230 Å². The van der Waals surface area contributed by atoms with Crippen molar-refractivity contribution in [1.29, 1.82) is 0 Å². The summed E-state index contributed by atoms with van der Waals surface area (Å²) in [5, 5.41) is 8.38. The SMILES string of the molecule is [2H]c1c([2H])c([2H])c2c(c1[2H])c1c([2H])c([2H])c([2H])c([2H])c1n2-c1cccc(N(c2cc(N(c3cccc(-n4c5c([2H])c([2H])c([2H])c([2H])c5c5c([2H])c([2H])c([2H])c([2H])c54)c3)c3ccccc3-c3cc4c5cc(C(C)(C)C)ccc5n5c6ccc(C(C)(C)C)cc6c(c3)c45)cc(C(C)(C)C)c2)c2ccccc2-c2cc3c4cc(C(C)(C)C)ccc4n4c5ccc(C(C)(C)C)cc5c(c2)c34)c1. The molecule has 566 valence electrons. The number of aromatic nitrogens is 4. The molecule has 0 aliphatic heterocycles. The first-order chi connectivity index (χ1) is 62.3. The Morgan fingerprint density at radius 1 is 0.233 bits per heavy atom. The second-order valence-electron chi connectivity index (χ2n) is 36.7. The van der Waals surface area contributed by atoms with Crippen molar-refractivity contribution < 1.29 is 21.9 Å². The Labute approximate surface area is 701 Å². The third-order valence-corrected chi connectivity index (χ3v) is 24.2. The number of benzene rings is 15. The zero-order valence-corrected chi connectivity index (χ0v) is 67.9. The Morgan fingerprint density at radius 2 is 0.526 bits per heavy atom. The third kappa shape index (κ3) is 11.0. The maximum absolute atomic E-state index is 9.80. The minimum absolute atomic E-state index is 0.0375. The van der Waals surface area contributed by atoms with Gasteiger partial charge in [-0.2, -0.15) is 0 Å². The Balaban J connectivity index is 0.892. The quantitative estimate of drug-likeness (QED) is 0.136. The maximum atomic E-state index is 9.80. The highest BCUT2D eigenvalue weighted by atomic mass is 15.2.